The van der Waals surface area contributed by atoms with Gasteiger partial charge in [-0.1, -0.05) is 6.07 Å². The van der Waals surface area contributed by atoms with Crippen molar-refractivity contribution in [1.82, 2.24) is 9.88 Å². The van der Waals surface area contributed by atoms with E-state index >= 15 is 0 Å². The molecule has 0 spiro atoms. The molecule has 5 heteroatoms. The largest absolute Gasteiger partial charge is 0.377 e. The van der Waals surface area contributed by atoms with Gasteiger partial charge in [0.15, 0.2) is 0 Å². The van der Waals surface area contributed by atoms with Crippen LogP contribution in [0, 0.1) is 0 Å². The van der Waals surface area contributed by atoms with Crippen LogP contribution in [0.3, 0.4) is 0 Å². The average molecular weight is 313 g/mol. The first-order valence-electron chi connectivity index (χ1n) is 6.24. The van der Waals surface area contributed by atoms with Crippen LogP contribution in [0.5, 0.6) is 0 Å². The van der Waals surface area contributed by atoms with Crippen LogP contribution in [-0.2, 0) is 4.74 Å². The predicted octanol–water partition coefficient (Wildman–Crippen LogP) is 2.49. The molecular formula is C13H17BrN2O2. The van der Waals surface area contributed by atoms with E-state index in [0.717, 1.165) is 19.4 Å². The summed E-state index contributed by atoms with van der Waals surface area (Å²) in [6.07, 6.45) is 2.19. The van der Waals surface area contributed by atoms with Gasteiger partial charge in [-0.05, 0) is 47.8 Å². The van der Waals surface area contributed by atoms with Crippen molar-refractivity contribution in [2.24, 2.45) is 0 Å². The van der Waals surface area contributed by atoms with Gasteiger partial charge in [-0.3, -0.25) is 4.79 Å². The van der Waals surface area contributed by atoms with Crippen molar-refractivity contribution in [3.8, 4) is 0 Å². The Morgan fingerprint density at radius 3 is 3.17 bits per heavy atom. The van der Waals surface area contributed by atoms with Gasteiger partial charge in [0.1, 0.15) is 10.3 Å². The fraction of sp³-hybridized carbons (Fsp3) is 0.538. The second-order valence-corrected chi connectivity index (χ2v) is 5.13. The lowest BCUT2D eigenvalue weighted by Crippen LogP contribution is -2.43. The third-order valence-electron chi connectivity index (χ3n) is 3.00. The van der Waals surface area contributed by atoms with Gasteiger partial charge < -0.3 is 9.64 Å². The van der Waals surface area contributed by atoms with Gasteiger partial charge in [0.2, 0.25) is 0 Å². The number of amides is 1. The number of nitrogens with zero attached hydrogens (tertiary/aromatic N) is 2. The minimum absolute atomic E-state index is 0.0132. The molecule has 1 aromatic rings. The summed E-state index contributed by atoms with van der Waals surface area (Å²) >= 11 is 3.28. The van der Waals surface area contributed by atoms with Crippen molar-refractivity contribution in [1.29, 1.82) is 0 Å². The highest BCUT2D eigenvalue weighted by Crippen LogP contribution is 2.16. The summed E-state index contributed by atoms with van der Waals surface area (Å²) in [4.78, 5) is 18.3. The Balaban J connectivity index is 2.04. The van der Waals surface area contributed by atoms with Gasteiger partial charge in [-0.25, -0.2) is 4.98 Å². The molecule has 0 bridgehead atoms. The number of halogens is 1. The maximum Gasteiger partial charge on any atom is 0.272 e. The zero-order chi connectivity index (χ0) is 13.0. The molecule has 0 N–H and O–H groups in total. The van der Waals surface area contributed by atoms with Gasteiger partial charge in [-0.15, -0.1) is 0 Å². The van der Waals surface area contributed by atoms with E-state index in [4.69, 9.17) is 4.74 Å². The van der Waals surface area contributed by atoms with Crippen LogP contribution >= 0.6 is 15.9 Å². The van der Waals surface area contributed by atoms with Crippen molar-refractivity contribution >= 4 is 21.8 Å². The SMILES string of the molecule is CCOC1CCCN(C(=O)c2cccc(Br)n2)C1. The number of ether oxygens (including phenoxy) is 1. The third-order valence-corrected chi connectivity index (χ3v) is 3.44. The monoisotopic (exact) mass is 312 g/mol. The Morgan fingerprint density at radius 2 is 2.44 bits per heavy atom. The van der Waals surface area contributed by atoms with Crippen molar-refractivity contribution in [2.45, 2.75) is 25.9 Å². The molecule has 1 aromatic heterocycles. The van der Waals surface area contributed by atoms with E-state index in [-0.39, 0.29) is 12.0 Å². The highest BCUT2D eigenvalue weighted by Gasteiger charge is 2.25. The van der Waals surface area contributed by atoms with Gasteiger partial charge in [0.05, 0.1) is 6.10 Å². The molecule has 18 heavy (non-hydrogen) atoms. The standard InChI is InChI=1S/C13H17BrN2O2/c1-2-18-10-5-4-8-16(9-10)13(17)11-6-3-7-12(14)15-11/h3,6-7,10H,2,4-5,8-9H2,1H3. The summed E-state index contributed by atoms with van der Waals surface area (Å²) in [6, 6.07) is 5.39. The van der Waals surface area contributed by atoms with E-state index in [1.807, 2.05) is 24.0 Å². The van der Waals surface area contributed by atoms with Crippen LogP contribution in [0.1, 0.15) is 30.3 Å². The lowest BCUT2D eigenvalue weighted by atomic mass is 10.1. The number of hydrogen-bond donors (Lipinski definition) is 0. The molecule has 1 unspecified atom stereocenters. The molecule has 0 radical (unpaired) electrons. The van der Waals surface area contributed by atoms with Gasteiger partial charge >= 0.3 is 0 Å². The molecule has 1 aliphatic rings. The molecule has 0 saturated carbocycles. The molecule has 2 heterocycles. The molecule has 0 aliphatic carbocycles. The third kappa shape index (κ3) is 3.29. The molecule has 1 fully saturated rings. The van der Waals surface area contributed by atoms with Gasteiger partial charge in [0, 0.05) is 19.7 Å². The smallest absolute Gasteiger partial charge is 0.272 e. The van der Waals surface area contributed by atoms with Crippen molar-refractivity contribution < 1.29 is 9.53 Å². The molecule has 1 atom stereocenters. The Morgan fingerprint density at radius 1 is 1.61 bits per heavy atom. The molecule has 2 rings (SSSR count). The highest BCUT2D eigenvalue weighted by molar-refractivity contribution is 9.10. The van der Waals surface area contributed by atoms with E-state index in [1.165, 1.54) is 0 Å². The van der Waals surface area contributed by atoms with Crippen molar-refractivity contribution in [3.05, 3.63) is 28.5 Å². The molecule has 1 saturated heterocycles. The lowest BCUT2D eigenvalue weighted by Gasteiger charge is -2.32. The molecule has 4 nitrogen and oxygen atoms in total. The summed E-state index contributed by atoms with van der Waals surface area (Å²) in [7, 11) is 0. The topological polar surface area (TPSA) is 42.4 Å². The molecular weight excluding hydrogens is 296 g/mol. The number of piperidine rings is 1. The molecule has 98 valence electrons. The van der Waals surface area contributed by atoms with E-state index in [0.29, 0.717) is 23.4 Å². The van der Waals surface area contributed by atoms with Gasteiger partial charge in [-0.2, -0.15) is 0 Å². The van der Waals surface area contributed by atoms with E-state index in [1.54, 1.807) is 6.07 Å². The summed E-state index contributed by atoms with van der Waals surface area (Å²) in [5, 5.41) is 0. The Kier molecular flexibility index (Phi) is 4.72. The summed E-state index contributed by atoms with van der Waals surface area (Å²) < 4.78 is 6.29. The average Bonchev–Trinajstić information content (AvgIpc) is 2.39. The van der Waals surface area contributed by atoms with E-state index in [2.05, 4.69) is 20.9 Å². The number of carbonyl (C=O) groups is 1. The second-order valence-electron chi connectivity index (χ2n) is 4.32. The summed E-state index contributed by atoms with van der Waals surface area (Å²) in [6.45, 7) is 4.13. The number of aromatic nitrogens is 1. The van der Waals surface area contributed by atoms with Crippen LogP contribution in [0.4, 0.5) is 0 Å². The normalized spacial score (nSPS) is 19.9. The molecule has 1 aliphatic heterocycles. The summed E-state index contributed by atoms with van der Waals surface area (Å²) in [5.41, 5.74) is 0.488. The number of pyridine rings is 1. The summed E-state index contributed by atoms with van der Waals surface area (Å²) in [5.74, 6) is -0.0132. The van der Waals surface area contributed by atoms with Crippen molar-refractivity contribution in [3.63, 3.8) is 0 Å². The molecule has 1 amide bonds. The Bertz CT molecular complexity index is 423. The number of rotatable bonds is 3. The minimum Gasteiger partial charge on any atom is -0.377 e. The quantitative estimate of drug-likeness (QED) is 0.805. The maximum absolute atomic E-state index is 12.3. The highest BCUT2D eigenvalue weighted by atomic mass is 79.9. The number of likely N-dealkylation sites (tertiary alicyclic amines) is 1. The van der Waals surface area contributed by atoms with Crippen LogP contribution in [-0.4, -0.2) is 41.6 Å². The zero-order valence-corrected chi connectivity index (χ0v) is 12.0. The van der Waals surface area contributed by atoms with E-state index in [9.17, 15) is 4.79 Å². The zero-order valence-electron chi connectivity index (χ0n) is 10.4. The fourth-order valence-electron chi connectivity index (χ4n) is 2.18. The minimum atomic E-state index is -0.0132. The Labute approximate surface area is 115 Å². The lowest BCUT2D eigenvalue weighted by molar-refractivity contribution is 0.00703. The Hall–Kier alpha value is -0.940. The maximum atomic E-state index is 12.3. The van der Waals surface area contributed by atoms with Gasteiger partial charge in [0.25, 0.3) is 5.91 Å². The molecule has 0 aromatic carbocycles. The van der Waals surface area contributed by atoms with Crippen LogP contribution in [0.2, 0.25) is 0 Å². The van der Waals surface area contributed by atoms with Crippen LogP contribution in [0.15, 0.2) is 22.8 Å². The van der Waals surface area contributed by atoms with Crippen LogP contribution < -0.4 is 0 Å². The van der Waals surface area contributed by atoms with Crippen molar-refractivity contribution in [2.75, 3.05) is 19.7 Å². The predicted molar refractivity (Wildman–Crippen MR) is 72.5 cm³/mol. The number of hydrogen-bond acceptors (Lipinski definition) is 3. The van der Waals surface area contributed by atoms with E-state index < -0.39 is 0 Å². The second kappa shape index (κ2) is 6.29. The van der Waals surface area contributed by atoms with Crippen LogP contribution in [0.25, 0.3) is 0 Å². The number of carbonyl (C=O) groups excluding carboxylic acids is 1. The fourth-order valence-corrected chi connectivity index (χ4v) is 2.53. The first kappa shape index (κ1) is 13.5. The first-order chi connectivity index (χ1) is 8.70. The first-order valence-corrected chi connectivity index (χ1v) is 7.03.